The van der Waals surface area contributed by atoms with Gasteiger partial charge in [-0.3, -0.25) is 4.79 Å². The quantitative estimate of drug-likeness (QED) is 0.301. The standard InChI is InChI=1S/C31H39N5O2/c32-17-7-1-2-8-18-33-29(37)28(21-24-22-34-27-12-6-4-10-25(24)27)35-30(38)36-19-15-31(16-20-36)14-13-23-9-3-5-11-26(23)31/h3-6,9-14,22,28,34H,1-2,7-8,15-21,32H2,(H,33,37)(H,35,38)/t28-/m1/s1. The number of urea groups is 1. The Labute approximate surface area is 224 Å². The lowest BCUT2D eigenvalue weighted by molar-refractivity contribution is -0.122. The number of amides is 3. The number of para-hydroxylation sites is 1. The van der Waals surface area contributed by atoms with Gasteiger partial charge in [0.15, 0.2) is 0 Å². The van der Waals surface area contributed by atoms with E-state index in [1.165, 1.54) is 11.1 Å². The Bertz CT molecular complexity index is 1290. The second-order valence-corrected chi connectivity index (χ2v) is 10.6. The van der Waals surface area contributed by atoms with E-state index in [0.29, 0.717) is 32.6 Å². The van der Waals surface area contributed by atoms with Gasteiger partial charge in [0.25, 0.3) is 0 Å². The van der Waals surface area contributed by atoms with Crippen LogP contribution in [0.25, 0.3) is 17.0 Å². The smallest absolute Gasteiger partial charge is 0.318 e. The molecule has 3 amide bonds. The number of nitrogens with one attached hydrogen (secondary N) is 3. The number of allylic oxidation sites excluding steroid dienone is 1. The maximum atomic E-state index is 13.4. The molecule has 1 saturated heterocycles. The van der Waals surface area contributed by atoms with Crippen molar-refractivity contribution in [3.63, 3.8) is 0 Å². The number of aromatic nitrogens is 1. The van der Waals surface area contributed by atoms with Crippen molar-refractivity contribution in [2.45, 2.75) is 56.4 Å². The number of nitrogens with two attached hydrogens (primary N) is 1. The molecule has 5 N–H and O–H groups in total. The number of likely N-dealkylation sites (tertiary alicyclic amines) is 1. The second kappa shape index (κ2) is 11.9. The molecule has 3 aromatic rings. The molecule has 0 unspecified atom stereocenters. The van der Waals surface area contributed by atoms with Crippen LogP contribution < -0.4 is 16.4 Å². The lowest BCUT2D eigenvalue weighted by Crippen LogP contribution is -2.54. The van der Waals surface area contributed by atoms with Crippen LogP contribution in [0.1, 0.15) is 55.2 Å². The molecule has 200 valence electrons. The van der Waals surface area contributed by atoms with Gasteiger partial charge in [-0.15, -0.1) is 0 Å². The summed E-state index contributed by atoms with van der Waals surface area (Å²) in [5, 5.41) is 7.21. The SMILES string of the molecule is NCCCCCCNC(=O)[C@@H](Cc1c[nH]c2ccccc12)NC(=O)N1CCC2(C=Cc3ccccc32)CC1. The van der Waals surface area contributed by atoms with E-state index in [1.807, 2.05) is 35.4 Å². The van der Waals surface area contributed by atoms with E-state index in [9.17, 15) is 9.59 Å². The van der Waals surface area contributed by atoms with Crippen LogP contribution in [0.3, 0.4) is 0 Å². The molecular formula is C31H39N5O2. The van der Waals surface area contributed by atoms with Crippen LogP contribution in [-0.4, -0.2) is 54.0 Å². The van der Waals surface area contributed by atoms with E-state index in [2.05, 4.69) is 52.0 Å². The zero-order valence-electron chi connectivity index (χ0n) is 22.0. The van der Waals surface area contributed by atoms with Gasteiger partial charge in [0.2, 0.25) is 5.91 Å². The van der Waals surface area contributed by atoms with Crippen molar-refractivity contribution in [1.29, 1.82) is 0 Å². The minimum atomic E-state index is -0.645. The molecule has 0 bridgehead atoms. The summed E-state index contributed by atoms with van der Waals surface area (Å²) in [7, 11) is 0. The number of H-pyrrole nitrogens is 1. The van der Waals surface area contributed by atoms with E-state index in [0.717, 1.165) is 55.0 Å². The number of carbonyl (C=O) groups is 2. The Morgan fingerprint density at radius 2 is 1.76 bits per heavy atom. The summed E-state index contributed by atoms with van der Waals surface area (Å²) in [6.07, 6.45) is 12.7. The van der Waals surface area contributed by atoms with Crippen molar-refractivity contribution in [2.75, 3.05) is 26.2 Å². The maximum Gasteiger partial charge on any atom is 0.318 e. The van der Waals surface area contributed by atoms with Crippen molar-refractivity contribution >= 4 is 28.9 Å². The number of rotatable bonds is 10. The van der Waals surface area contributed by atoms with E-state index >= 15 is 0 Å². The highest BCUT2D eigenvalue weighted by Crippen LogP contribution is 2.43. The second-order valence-electron chi connectivity index (χ2n) is 10.6. The first-order chi connectivity index (χ1) is 18.6. The van der Waals surface area contributed by atoms with E-state index in [-0.39, 0.29) is 17.4 Å². The number of hydrogen-bond donors (Lipinski definition) is 4. The number of carbonyl (C=O) groups excluding carboxylic acids is 2. The van der Waals surface area contributed by atoms with Crippen LogP contribution in [0, 0.1) is 0 Å². The minimum absolute atomic E-state index is 0.0120. The van der Waals surface area contributed by atoms with Crippen molar-refractivity contribution in [1.82, 2.24) is 20.5 Å². The number of nitrogens with zero attached hydrogens (tertiary/aromatic N) is 1. The minimum Gasteiger partial charge on any atom is -0.361 e. The first kappa shape index (κ1) is 26.0. The number of aromatic amines is 1. The summed E-state index contributed by atoms with van der Waals surface area (Å²) in [5.74, 6) is -0.136. The molecular weight excluding hydrogens is 474 g/mol. The van der Waals surface area contributed by atoms with Gasteiger partial charge in [-0.05, 0) is 55.0 Å². The number of benzene rings is 2. The van der Waals surface area contributed by atoms with E-state index in [1.54, 1.807) is 0 Å². The summed E-state index contributed by atoms with van der Waals surface area (Å²) in [4.78, 5) is 31.8. The molecule has 1 fully saturated rings. The van der Waals surface area contributed by atoms with Crippen molar-refractivity contribution in [3.05, 3.63) is 77.5 Å². The van der Waals surface area contributed by atoms with Crippen LogP contribution in [0.2, 0.25) is 0 Å². The van der Waals surface area contributed by atoms with Gasteiger partial charge in [-0.2, -0.15) is 0 Å². The lowest BCUT2D eigenvalue weighted by atomic mass is 9.74. The summed E-state index contributed by atoms with van der Waals surface area (Å²) < 4.78 is 0. The van der Waals surface area contributed by atoms with Gasteiger partial charge in [0.05, 0.1) is 0 Å². The van der Waals surface area contributed by atoms with E-state index < -0.39 is 6.04 Å². The fraction of sp³-hybridized carbons (Fsp3) is 0.419. The van der Waals surface area contributed by atoms with Crippen LogP contribution in [-0.2, 0) is 16.6 Å². The molecule has 7 nitrogen and oxygen atoms in total. The molecule has 1 aliphatic heterocycles. The monoisotopic (exact) mass is 513 g/mol. The Kier molecular flexibility index (Phi) is 8.13. The molecule has 2 aromatic carbocycles. The molecule has 38 heavy (non-hydrogen) atoms. The van der Waals surface area contributed by atoms with Gasteiger partial charge in [-0.25, -0.2) is 4.79 Å². The Morgan fingerprint density at radius 3 is 2.61 bits per heavy atom. The largest absolute Gasteiger partial charge is 0.361 e. The van der Waals surface area contributed by atoms with Crippen LogP contribution >= 0.6 is 0 Å². The van der Waals surface area contributed by atoms with Crippen LogP contribution in [0.15, 0.2) is 60.8 Å². The fourth-order valence-corrected chi connectivity index (χ4v) is 5.91. The summed E-state index contributed by atoms with van der Waals surface area (Å²) >= 11 is 0. The van der Waals surface area contributed by atoms with E-state index in [4.69, 9.17) is 5.73 Å². The highest BCUT2D eigenvalue weighted by atomic mass is 16.2. The summed E-state index contributed by atoms with van der Waals surface area (Å²) in [6.45, 7) is 2.62. The average molecular weight is 514 g/mol. The molecule has 7 heteroatoms. The van der Waals surface area contributed by atoms with Crippen LogP contribution in [0.4, 0.5) is 4.79 Å². The summed E-state index contributed by atoms with van der Waals surface area (Å²) in [5.41, 5.74) is 10.3. The number of hydrogen-bond acceptors (Lipinski definition) is 3. The normalized spacial score (nSPS) is 16.5. The van der Waals surface area contributed by atoms with Crippen LogP contribution in [0.5, 0.6) is 0 Å². The lowest BCUT2D eigenvalue weighted by Gasteiger charge is -2.39. The maximum absolute atomic E-state index is 13.4. The molecule has 1 aliphatic carbocycles. The zero-order valence-corrected chi connectivity index (χ0v) is 22.0. The van der Waals surface area contributed by atoms with Gasteiger partial charge in [0, 0.05) is 48.6 Å². The third-order valence-electron chi connectivity index (χ3n) is 8.17. The molecule has 1 spiro atoms. The third-order valence-corrected chi connectivity index (χ3v) is 8.17. The first-order valence-electron chi connectivity index (χ1n) is 14.0. The van der Waals surface area contributed by atoms with Crippen molar-refractivity contribution in [2.24, 2.45) is 5.73 Å². The van der Waals surface area contributed by atoms with Crippen molar-refractivity contribution in [3.8, 4) is 0 Å². The molecule has 0 saturated carbocycles. The number of fused-ring (bicyclic) bond motifs is 3. The number of piperidine rings is 1. The zero-order chi connectivity index (χ0) is 26.4. The Hall–Kier alpha value is -3.58. The predicted molar refractivity (Wildman–Crippen MR) is 153 cm³/mol. The van der Waals surface area contributed by atoms with Gasteiger partial charge >= 0.3 is 6.03 Å². The predicted octanol–water partition coefficient (Wildman–Crippen LogP) is 4.48. The fourth-order valence-electron chi connectivity index (χ4n) is 5.91. The topological polar surface area (TPSA) is 103 Å². The summed E-state index contributed by atoms with van der Waals surface area (Å²) in [6, 6.07) is 15.8. The highest BCUT2D eigenvalue weighted by Gasteiger charge is 2.39. The highest BCUT2D eigenvalue weighted by molar-refractivity contribution is 5.89. The molecule has 1 atom stereocenters. The van der Waals surface area contributed by atoms with Gasteiger partial charge in [-0.1, -0.05) is 67.5 Å². The van der Waals surface area contributed by atoms with Gasteiger partial charge < -0.3 is 26.3 Å². The van der Waals surface area contributed by atoms with Gasteiger partial charge in [0.1, 0.15) is 6.04 Å². The van der Waals surface area contributed by atoms with Crippen molar-refractivity contribution < 1.29 is 9.59 Å². The molecule has 0 radical (unpaired) electrons. The molecule has 2 aliphatic rings. The Balaban J connectivity index is 1.23. The Morgan fingerprint density at radius 1 is 1.00 bits per heavy atom. The first-order valence-corrected chi connectivity index (χ1v) is 14.0. The third kappa shape index (κ3) is 5.63. The average Bonchev–Trinajstić information content (AvgIpc) is 3.52. The molecule has 1 aromatic heterocycles. The molecule has 2 heterocycles. The molecule has 5 rings (SSSR count). The number of unbranched alkanes of at least 4 members (excludes halogenated alkanes) is 3.